The zero-order chi connectivity index (χ0) is 29.0. The number of anilines is 1. The van der Waals surface area contributed by atoms with E-state index in [4.69, 9.17) is 4.74 Å². The second kappa shape index (κ2) is 12.2. The van der Waals surface area contributed by atoms with Crippen molar-refractivity contribution in [2.75, 3.05) is 25.6 Å². The van der Waals surface area contributed by atoms with Crippen molar-refractivity contribution in [3.8, 4) is 0 Å². The van der Waals surface area contributed by atoms with Crippen molar-refractivity contribution < 1.29 is 32.3 Å². The molecule has 218 valence electrons. The van der Waals surface area contributed by atoms with Crippen molar-refractivity contribution in [2.24, 2.45) is 18.9 Å². The first-order chi connectivity index (χ1) is 19.0. The Labute approximate surface area is 229 Å². The number of ether oxygens (including phenoxy) is 1. The molecule has 0 spiro atoms. The van der Waals surface area contributed by atoms with Gasteiger partial charge in [-0.05, 0) is 48.4 Å². The third-order valence-corrected chi connectivity index (χ3v) is 7.61. The van der Waals surface area contributed by atoms with Gasteiger partial charge < -0.3 is 25.6 Å². The lowest BCUT2D eigenvalue weighted by atomic mass is 9.79. The summed E-state index contributed by atoms with van der Waals surface area (Å²) in [5, 5.41) is 11.6. The lowest BCUT2D eigenvalue weighted by molar-refractivity contribution is -0.150. The highest BCUT2D eigenvalue weighted by atomic mass is 19.4. The van der Waals surface area contributed by atoms with Crippen molar-refractivity contribution >= 4 is 23.7 Å². The lowest BCUT2D eigenvalue weighted by Crippen LogP contribution is -2.49. The molecule has 1 aliphatic carbocycles. The maximum Gasteiger partial charge on any atom is 0.410 e. The average Bonchev–Trinajstić information content (AvgIpc) is 3.52. The third kappa shape index (κ3) is 6.72. The van der Waals surface area contributed by atoms with E-state index >= 15 is 0 Å². The number of urea groups is 1. The Hall–Kier alpha value is -3.68. The standard InChI is InChI=1S/C26H34F3N7O4/c1-15-4-6-16(7-5-15)22(34-23(37)18-9-11-31-35(18)2)24(38)33-21-12-17(8-10-30-21)19(14-40-3)36-13-20(26(27,28)29)32-25(36)39/h8-12,15-16,19-20,22H,4-7,13-14H2,1-3H3,(H,32,39)(H,34,37)(H,30,33,38)/t15?,16?,19?,20-,22?/m0/s1. The Morgan fingerprint density at radius 2 is 1.93 bits per heavy atom. The van der Waals surface area contributed by atoms with Gasteiger partial charge in [0, 0.05) is 26.6 Å². The predicted molar refractivity (Wildman–Crippen MR) is 138 cm³/mol. The predicted octanol–water partition coefficient (Wildman–Crippen LogP) is 3.02. The van der Waals surface area contributed by atoms with E-state index in [0.717, 1.165) is 30.6 Å². The molecule has 2 aromatic rings. The zero-order valence-electron chi connectivity index (χ0n) is 22.6. The van der Waals surface area contributed by atoms with Crippen LogP contribution in [0.2, 0.25) is 0 Å². The summed E-state index contributed by atoms with van der Waals surface area (Å²) in [5.41, 5.74) is 0.748. The van der Waals surface area contributed by atoms with E-state index in [1.165, 1.54) is 30.3 Å². The van der Waals surface area contributed by atoms with Crippen molar-refractivity contribution in [3.05, 3.63) is 41.9 Å². The number of carbonyl (C=O) groups is 3. The molecule has 2 unspecified atom stereocenters. The Bertz CT molecular complexity index is 1210. The minimum Gasteiger partial charge on any atom is -0.382 e. The van der Waals surface area contributed by atoms with Crippen LogP contribution in [0.15, 0.2) is 30.6 Å². The fourth-order valence-electron chi connectivity index (χ4n) is 5.29. The van der Waals surface area contributed by atoms with Gasteiger partial charge >= 0.3 is 12.2 Å². The van der Waals surface area contributed by atoms with E-state index in [-0.39, 0.29) is 18.3 Å². The smallest absolute Gasteiger partial charge is 0.382 e. The van der Waals surface area contributed by atoms with Crippen LogP contribution in [0.5, 0.6) is 0 Å². The van der Waals surface area contributed by atoms with Gasteiger partial charge in [0.1, 0.15) is 23.6 Å². The number of methoxy groups -OCH3 is 1. The number of nitrogens with one attached hydrogen (secondary N) is 3. The van der Waals surface area contributed by atoms with Crippen molar-refractivity contribution in [1.29, 1.82) is 0 Å². The Morgan fingerprint density at radius 1 is 1.20 bits per heavy atom. The fourth-order valence-corrected chi connectivity index (χ4v) is 5.29. The number of aromatic nitrogens is 3. The zero-order valence-corrected chi connectivity index (χ0v) is 22.6. The highest BCUT2D eigenvalue weighted by molar-refractivity contribution is 6.00. The third-order valence-electron chi connectivity index (χ3n) is 7.61. The highest BCUT2D eigenvalue weighted by Crippen LogP contribution is 2.32. The molecular formula is C26H34F3N7O4. The van der Waals surface area contributed by atoms with Crippen molar-refractivity contribution in [1.82, 2.24) is 30.3 Å². The number of carbonyl (C=O) groups excluding carboxylic acids is 3. The molecular weight excluding hydrogens is 531 g/mol. The van der Waals surface area contributed by atoms with Crippen LogP contribution < -0.4 is 16.0 Å². The van der Waals surface area contributed by atoms with E-state index in [0.29, 0.717) is 17.2 Å². The van der Waals surface area contributed by atoms with Gasteiger partial charge in [0.15, 0.2) is 0 Å². The Kier molecular flexibility index (Phi) is 8.96. The first kappa shape index (κ1) is 29.3. The van der Waals surface area contributed by atoms with Crippen LogP contribution in [0.1, 0.15) is 54.7 Å². The first-order valence-corrected chi connectivity index (χ1v) is 13.2. The van der Waals surface area contributed by atoms with Crippen LogP contribution in [0.25, 0.3) is 0 Å². The molecule has 0 aromatic carbocycles. The molecule has 4 rings (SSSR count). The van der Waals surface area contributed by atoms with E-state index < -0.39 is 48.7 Å². The van der Waals surface area contributed by atoms with Gasteiger partial charge in [-0.15, -0.1) is 0 Å². The van der Waals surface area contributed by atoms with Crippen LogP contribution >= 0.6 is 0 Å². The van der Waals surface area contributed by atoms with E-state index in [1.807, 2.05) is 5.32 Å². The number of nitrogens with zero attached hydrogens (tertiary/aromatic N) is 4. The molecule has 1 saturated carbocycles. The van der Waals surface area contributed by atoms with Gasteiger partial charge in [0.2, 0.25) is 5.91 Å². The van der Waals surface area contributed by atoms with Crippen molar-refractivity contribution in [2.45, 2.75) is 56.9 Å². The van der Waals surface area contributed by atoms with Gasteiger partial charge in [-0.2, -0.15) is 18.3 Å². The SMILES string of the molecule is COCC(c1ccnc(NC(=O)C(NC(=O)c2ccnn2C)C2CCC(C)CC2)c1)N1C[C@@H](C(F)(F)F)NC1=O. The second-order valence-electron chi connectivity index (χ2n) is 10.4. The summed E-state index contributed by atoms with van der Waals surface area (Å²) >= 11 is 0. The largest absolute Gasteiger partial charge is 0.410 e. The molecule has 1 aliphatic heterocycles. The van der Waals surface area contributed by atoms with Gasteiger partial charge in [0.25, 0.3) is 5.91 Å². The lowest BCUT2D eigenvalue weighted by Gasteiger charge is -2.32. The summed E-state index contributed by atoms with van der Waals surface area (Å²) in [6.07, 6.45) is 1.69. The van der Waals surface area contributed by atoms with Crippen LogP contribution in [0.3, 0.4) is 0 Å². The molecule has 14 heteroatoms. The van der Waals surface area contributed by atoms with Crippen LogP contribution in [0.4, 0.5) is 23.8 Å². The minimum absolute atomic E-state index is 0.0704. The molecule has 2 aliphatic rings. The molecule has 3 atom stereocenters. The number of pyridine rings is 1. The molecule has 2 aromatic heterocycles. The van der Waals surface area contributed by atoms with Crippen molar-refractivity contribution in [3.63, 3.8) is 0 Å². The number of hydrogen-bond donors (Lipinski definition) is 3. The summed E-state index contributed by atoms with van der Waals surface area (Å²) in [6, 6.07) is 0.0597. The molecule has 2 fully saturated rings. The van der Waals surface area contributed by atoms with Crippen LogP contribution in [-0.2, 0) is 16.6 Å². The molecule has 1 saturated heterocycles. The average molecular weight is 566 g/mol. The molecule has 0 radical (unpaired) electrons. The highest BCUT2D eigenvalue weighted by Gasteiger charge is 2.48. The summed E-state index contributed by atoms with van der Waals surface area (Å²) in [5.74, 6) is -0.313. The second-order valence-corrected chi connectivity index (χ2v) is 10.4. The number of hydrogen-bond acceptors (Lipinski definition) is 6. The molecule has 3 heterocycles. The summed E-state index contributed by atoms with van der Waals surface area (Å²) in [6.45, 7) is 1.50. The normalized spacial score (nSPS) is 22.9. The number of halogens is 3. The molecule has 0 bridgehead atoms. The van der Waals surface area contributed by atoms with Crippen LogP contribution in [0, 0.1) is 11.8 Å². The Morgan fingerprint density at radius 3 is 2.52 bits per heavy atom. The molecule has 40 heavy (non-hydrogen) atoms. The van der Waals surface area contributed by atoms with Gasteiger partial charge in [-0.25, -0.2) is 9.78 Å². The summed E-state index contributed by atoms with van der Waals surface area (Å²) in [4.78, 5) is 44.2. The van der Waals surface area contributed by atoms with Gasteiger partial charge in [-0.1, -0.05) is 19.8 Å². The number of alkyl halides is 3. The summed E-state index contributed by atoms with van der Waals surface area (Å²) in [7, 11) is 3.02. The monoisotopic (exact) mass is 565 g/mol. The molecule has 3 N–H and O–H groups in total. The Balaban J connectivity index is 1.53. The van der Waals surface area contributed by atoms with E-state index in [1.54, 1.807) is 19.2 Å². The maximum atomic E-state index is 13.5. The first-order valence-electron chi connectivity index (χ1n) is 13.2. The number of rotatable bonds is 9. The van der Waals surface area contributed by atoms with Gasteiger partial charge in [-0.3, -0.25) is 14.3 Å². The van der Waals surface area contributed by atoms with Gasteiger partial charge in [0.05, 0.1) is 19.2 Å². The number of amides is 4. The molecule has 11 nitrogen and oxygen atoms in total. The maximum absolute atomic E-state index is 13.5. The quantitative estimate of drug-likeness (QED) is 0.429. The topological polar surface area (TPSA) is 130 Å². The van der Waals surface area contributed by atoms with Crippen LogP contribution in [-0.4, -0.2) is 76.0 Å². The number of aryl methyl sites for hydroxylation is 1. The molecule has 4 amide bonds. The van der Waals surface area contributed by atoms with E-state index in [2.05, 4.69) is 27.6 Å². The fraction of sp³-hybridized carbons (Fsp3) is 0.577. The van der Waals surface area contributed by atoms with E-state index in [9.17, 15) is 27.6 Å². The minimum atomic E-state index is -4.59. The summed E-state index contributed by atoms with van der Waals surface area (Å²) < 4.78 is 46.4.